The summed E-state index contributed by atoms with van der Waals surface area (Å²) in [4.78, 5) is 53.0. The molecule has 7 unspecified atom stereocenters. The van der Waals surface area contributed by atoms with E-state index in [0.29, 0.717) is 33.5 Å². The number of benzene rings is 1. The lowest BCUT2D eigenvalue weighted by Crippen LogP contribution is -2.58. The van der Waals surface area contributed by atoms with Crippen LogP contribution in [0.4, 0.5) is 4.79 Å². The second kappa shape index (κ2) is 14.2. The molecule has 2 amide bonds. The van der Waals surface area contributed by atoms with Gasteiger partial charge < -0.3 is 24.4 Å². The predicted octanol–water partition coefficient (Wildman–Crippen LogP) is 7.36. The summed E-state index contributed by atoms with van der Waals surface area (Å²) in [5, 5.41) is 3.44. The number of carbonyl (C=O) groups is 3. The Hall–Kier alpha value is -3.40. The van der Waals surface area contributed by atoms with Crippen LogP contribution in [0.5, 0.6) is 5.88 Å². The summed E-state index contributed by atoms with van der Waals surface area (Å²) in [7, 11) is 0. The van der Waals surface area contributed by atoms with Crippen LogP contribution in [-0.4, -0.2) is 69.3 Å². The molecule has 2 fully saturated rings. The number of amides is 2. The minimum absolute atomic E-state index is 0.0779. The van der Waals surface area contributed by atoms with E-state index in [1.165, 1.54) is 4.90 Å². The summed E-state index contributed by atoms with van der Waals surface area (Å²) in [6.45, 7) is 15.2. The molecule has 1 saturated heterocycles. The maximum atomic E-state index is 14.5. The van der Waals surface area contributed by atoms with Crippen molar-refractivity contribution in [3.63, 3.8) is 0 Å². The Morgan fingerprint density at radius 2 is 1.79 bits per heavy atom. The third-order valence-electron chi connectivity index (χ3n) is 9.86. The first-order valence-electron chi connectivity index (χ1n) is 17.4. The van der Waals surface area contributed by atoms with Crippen molar-refractivity contribution in [2.24, 2.45) is 23.2 Å². The molecule has 1 aromatic carbocycles. The number of nitrogens with zero attached hydrogens (tertiary/aromatic N) is 3. The van der Waals surface area contributed by atoms with Gasteiger partial charge in [0.25, 0.3) is 0 Å². The van der Waals surface area contributed by atoms with Gasteiger partial charge in [-0.25, -0.2) is 19.6 Å². The molecule has 0 radical (unpaired) electrons. The van der Waals surface area contributed by atoms with Crippen molar-refractivity contribution < 1.29 is 28.6 Å². The molecular weight excluding hydrogens is 632 g/mol. The van der Waals surface area contributed by atoms with Gasteiger partial charge in [-0.3, -0.25) is 4.79 Å². The lowest BCUT2D eigenvalue weighted by atomic mass is 9.85. The van der Waals surface area contributed by atoms with Gasteiger partial charge in [0.2, 0.25) is 11.8 Å². The minimum Gasteiger partial charge on any atom is -0.471 e. The van der Waals surface area contributed by atoms with E-state index in [1.807, 2.05) is 39.8 Å². The average Bonchev–Trinajstić information content (AvgIpc) is 3.53. The van der Waals surface area contributed by atoms with Crippen molar-refractivity contribution in [3.8, 4) is 5.88 Å². The van der Waals surface area contributed by atoms with E-state index in [4.69, 9.17) is 35.8 Å². The van der Waals surface area contributed by atoms with Gasteiger partial charge in [-0.2, -0.15) is 0 Å². The lowest BCUT2D eigenvalue weighted by Gasteiger charge is -2.36. The van der Waals surface area contributed by atoms with Gasteiger partial charge in [0, 0.05) is 10.9 Å². The number of aromatic nitrogens is 2. The molecule has 1 N–H and O–H groups in total. The second-order valence-corrected chi connectivity index (χ2v) is 16.1. The van der Waals surface area contributed by atoms with Crippen molar-refractivity contribution >= 4 is 46.7 Å². The summed E-state index contributed by atoms with van der Waals surface area (Å²) in [5.74, 6) is -0.415. The number of hydrogen-bond donors (Lipinski definition) is 1. The van der Waals surface area contributed by atoms with Crippen LogP contribution in [0.3, 0.4) is 0 Å². The van der Waals surface area contributed by atoms with Crippen molar-refractivity contribution in [1.29, 1.82) is 0 Å². The molecule has 10 nitrogen and oxygen atoms in total. The van der Waals surface area contributed by atoms with Crippen LogP contribution in [0, 0.1) is 23.2 Å². The van der Waals surface area contributed by atoms with Crippen LogP contribution in [-0.2, 0) is 19.1 Å². The van der Waals surface area contributed by atoms with Gasteiger partial charge >= 0.3 is 12.1 Å². The molecule has 2 aromatic rings. The Morgan fingerprint density at radius 1 is 1.04 bits per heavy atom. The second-order valence-electron chi connectivity index (χ2n) is 15.7. The highest BCUT2D eigenvalue weighted by molar-refractivity contribution is 6.31. The van der Waals surface area contributed by atoms with Gasteiger partial charge in [0.05, 0.1) is 17.6 Å². The van der Waals surface area contributed by atoms with Crippen LogP contribution in [0.15, 0.2) is 24.3 Å². The van der Waals surface area contributed by atoms with Crippen LogP contribution in [0.2, 0.25) is 5.02 Å². The summed E-state index contributed by atoms with van der Waals surface area (Å²) < 4.78 is 18.5. The van der Waals surface area contributed by atoms with Gasteiger partial charge in [-0.15, -0.1) is 0 Å². The molecule has 262 valence electrons. The van der Waals surface area contributed by atoms with Crippen LogP contribution in [0.1, 0.15) is 99.6 Å². The smallest absolute Gasteiger partial charge is 0.408 e. The highest BCUT2D eigenvalue weighted by Gasteiger charge is 2.51. The molecule has 2 bridgehead atoms. The molecule has 48 heavy (non-hydrogen) atoms. The van der Waals surface area contributed by atoms with E-state index in [0.717, 1.165) is 38.5 Å². The first-order valence-corrected chi connectivity index (χ1v) is 17.7. The fraction of sp³-hybridized carbons (Fsp3) is 0.649. The van der Waals surface area contributed by atoms with Crippen molar-refractivity contribution in [3.05, 3.63) is 35.0 Å². The SMILES string of the molecule is CCC1CCC2OC(=O)NC(C(C)(C)C)C(=O)N3CC(Oc4nc5cc(Cl)ccc5nc4C=CCCCC12)C(C)C3C(=O)OC(C)(C)C. The average molecular weight is 683 g/mol. The maximum absolute atomic E-state index is 14.5. The number of rotatable bonds is 2. The van der Waals surface area contributed by atoms with E-state index in [2.05, 4.69) is 18.3 Å². The molecule has 3 aliphatic rings. The Balaban J connectivity index is 1.58. The number of nitrogens with one attached hydrogen (secondary N) is 1. The summed E-state index contributed by atoms with van der Waals surface area (Å²) in [5.41, 5.74) is 0.339. The number of halogens is 1. The van der Waals surface area contributed by atoms with Crippen molar-refractivity contribution in [1.82, 2.24) is 20.2 Å². The molecule has 5 rings (SSSR count). The zero-order valence-electron chi connectivity index (χ0n) is 29.5. The number of fused-ring (bicyclic) bond motifs is 5. The minimum atomic E-state index is -0.970. The summed E-state index contributed by atoms with van der Waals surface area (Å²) >= 11 is 6.31. The highest BCUT2D eigenvalue weighted by Crippen LogP contribution is 2.40. The van der Waals surface area contributed by atoms with Crippen molar-refractivity contribution in [2.75, 3.05) is 6.54 Å². The van der Waals surface area contributed by atoms with E-state index in [9.17, 15) is 14.4 Å². The van der Waals surface area contributed by atoms with E-state index < -0.39 is 53.1 Å². The molecule has 2 aliphatic heterocycles. The Kier molecular flexibility index (Phi) is 10.6. The first-order chi connectivity index (χ1) is 22.6. The normalized spacial score (nSPS) is 28.9. The van der Waals surface area contributed by atoms with E-state index in [1.54, 1.807) is 32.9 Å². The van der Waals surface area contributed by atoms with Gasteiger partial charge in [0.15, 0.2) is 0 Å². The van der Waals surface area contributed by atoms with E-state index >= 15 is 0 Å². The van der Waals surface area contributed by atoms with Crippen LogP contribution in [0.25, 0.3) is 17.1 Å². The van der Waals surface area contributed by atoms with Gasteiger partial charge in [-0.05, 0) is 94.4 Å². The molecule has 7 atom stereocenters. The number of alkyl carbamates (subject to hydrolysis) is 1. The largest absolute Gasteiger partial charge is 0.471 e. The number of ether oxygens (including phenoxy) is 3. The lowest BCUT2D eigenvalue weighted by molar-refractivity contribution is -0.165. The molecule has 3 heterocycles. The van der Waals surface area contributed by atoms with Gasteiger partial charge in [0.1, 0.15) is 35.6 Å². The molecule has 1 saturated carbocycles. The topological polar surface area (TPSA) is 120 Å². The third-order valence-corrected chi connectivity index (χ3v) is 10.1. The van der Waals surface area contributed by atoms with Crippen molar-refractivity contribution in [2.45, 2.75) is 124 Å². The van der Waals surface area contributed by atoms with E-state index in [-0.39, 0.29) is 18.6 Å². The zero-order chi connectivity index (χ0) is 35.0. The number of hydrogen-bond acceptors (Lipinski definition) is 8. The Bertz CT molecular complexity index is 1550. The van der Waals surface area contributed by atoms with Gasteiger partial charge in [-0.1, -0.05) is 58.7 Å². The number of esters is 1. The maximum Gasteiger partial charge on any atom is 0.408 e. The highest BCUT2D eigenvalue weighted by atomic mass is 35.5. The molecule has 0 spiro atoms. The fourth-order valence-corrected chi connectivity index (χ4v) is 7.52. The van der Waals surface area contributed by atoms with Crippen LogP contribution >= 0.6 is 11.6 Å². The quantitative estimate of drug-likeness (QED) is 0.326. The molecular formula is C37H51ClN4O6. The standard InChI is InChI=1S/C37H51ClN4O6/c1-9-22-15-18-28-24(22)13-11-10-12-14-26-32(40-27-19-23(38)16-17-25(27)39-26)46-29-20-42(30(21(29)2)34(44)48-37(6,7)8)33(43)31(36(3,4)5)41-35(45)47-28/h12,14,16-17,19,21-22,24,28-31H,9-11,13,15,18,20H2,1-8H3,(H,41,45). The molecule has 1 aromatic heterocycles. The zero-order valence-corrected chi connectivity index (χ0v) is 30.3. The summed E-state index contributed by atoms with van der Waals surface area (Å²) in [6, 6.07) is 3.41. The molecule has 11 heteroatoms. The molecule has 1 aliphatic carbocycles. The fourth-order valence-electron chi connectivity index (χ4n) is 7.36. The van der Waals surface area contributed by atoms with Crippen LogP contribution < -0.4 is 10.1 Å². The third kappa shape index (κ3) is 8.07. The monoisotopic (exact) mass is 682 g/mol. The predicted molar refractivity (Wildman–Crippen MR) is 186 cm³/mol. The number of allylic oxidation sites excluding steroid dienone is 1. The first kappa shape index (κ1) is 35.9. The Morgan fingerprint density at radius 3 is 2.48 bits per heavy atom. The number of carbonyl (C=O) groups excluding carboxylic acids is 3. The summed E-state index contributed by atoms with van der Waals surface area (Å²) in [6.07, 6.45) is 7.99. The Labute approximate surface area is 289 Å².